The van der Waals surface area contributed by atoms with E-state index in [1.54, 1.807) is 0 Å². The average Bonchev–Trinajstić information content (AvgIpc) is 3.17. The van der Waals surface area contributed by atoms with E-state index in [0.717, 1.165) is 30.6 Å². The molecule has 2 aliphatic heterocycles. The number of hydrogen-bond donors (Lipinski definition) is 2. The predicted octanol–water partition coefficient (Wildman–Crippen LogP) is 3.17. The van der Waals surface area contributed by atoms with Crippen LogP contribution in [-0.2, 0) is 12.8 Å². The molecule has 0 unspecified atom stereocenters. The fourth-order valence-corrected chi connectivity index (χ4v) is 5.38. The normalized spacial score (nSPS) is 24.6. The standard InChI is InChI=1S/C22H28N4O/c27-22(23-14-16-7-5-13-26-12-4-3-9-19(16)26)21-18-11-10-15-6-1-2-8-17(15)20(18)24-25-21/h1-2,6,8,16,19H,3-5,7,9-14H2,(H,23,27)(H,24,25)/t16-,19-/m1/s1. The highest BCUT2D eigenvalue weighted by atomic mass is 16.1. The van der Waals surface area contributed by atoms with Gasteiger partial charge in [0.2, 0.25) is 0 Å². The summed E-state index contributed by atoms with van der Waals surface area (Å²) < 4.78 is 0. The summed E-state index contributed by atoms with van der Waals surface area (Å²) >= 11 is 0. The van der Waals surface area contributed by atoms with Gasteiger partial charge < -0.3 is 10.2 Å². The van der Waals surface area contributed by atoms with Gasteiger partial charge in [0, 0.05) is 23.7 Å². The fourth-order valence-electron chi connectivity index (χ4n) is 5.38. The van der Waals surface area contributed by atoms with E-state index >= 15 is 0 Å². The fraction of sp³-hybridized carbons (Fsp3) is 0.545. The molecule has 27 heavy (non-hydrogen) atoms. The number of nitrogens with zero attached hydrogens (tertiary/aromatic N) is 2. The molecule has 0 bridgehead atoms. The van der Waals surface area contributed by atoms with Crippen LogP contribution in [0.2, 0.25) is 0 Å². The first-order chi connectivity index (χ1) is 13.3. The van der Waals surface area contributed by atoms with E-state index in [1.165, 1.54) is 56.3 Å². The summed E-state index contributed by atoms with van der Waals surface area (Å²) in [5.74, 6) is 0.596. The van der Waals surface area contributed by atoms with Gasteiger partial charge in [-0.15, -0.1) is 0 Å². The average molecular weight is 364 g/mol. The number of aromatic nitrogens is 2. The number of fused-ring (bicyclic) bond motifs is 4. The lowest BCUT2D eigenvalue weighted by Gasteiger charge is -2.44. The van der Waals surface area contributed by atoms with E-state index in [1.807, 2.05) is 6.07 Å². The van der Waals surface area contributed by atoms with Crippen molar-refractivity contribution in [1.29, 1.82) is 0 Å². The molecule has 2 atom stereocenters. The third-order valence-corrected chi connectivity index (χ3v) is 6.76. The van der Waals surface area contributed by atoms with Gasteiger partial charge in [-0.1, -0.05) is 30.7 Å². The van der Waals surface area contributed by atoms with Crippen molar-refractivity contribution in [1.82, 2.24) is 20.4 Å². The molecule has 3 aliphatic rings. The number of H-pyrrole nitrogens is 1. The summed E-state index contributed by atoms with van der Waals surface area (Å²) in [5, 5.41) is 10.7. The van der Waals surface area contributed by atoms with E-state index in [2.05, 4.69) is 38.6 Å². The molecule has 1 amide bonds. The number of aromatic amines is 1. The zero-order chi connectivity index (χ0) is 18.2. The molecule has 2 fully saturated rings. The Morgan fingerprint density at radius 3 is 3.00 bits per heavy atom. The third-order valence-electron chi connectivity index (χ3n) is 6.76. The smallest absolute Gasteiger partial charge is 0.269 e. The lowest BCUT2D eigenvalue weighted by Crippen LogP contribution is -2.51. The van der Waals surface area contributed by atoms with Crippen LogP contribution in [0, 0.1) is 5.92 Å². The number of hydrogen-bond acceptors (Lipinski definition) is 3. The zero-order valence-corrected chi connectivity index (χ0v) is 15.8. The molecule has 5 heteroatoms. The van der Waals surface area contributed by atoms with Gasteiger partial charge in [-0.25, -0.2) is 0 Å². The molecule has 5 nitrogen and oxygen atoms in total. The summed E-state index contributed by atoms with van der Waals surface area (Å²) in [5.41, 5.74) is 5.19. The monoisotopic (exact) mass is 364 g/mol. The van der Waals surface area contributed by atoms with Gasteiger partial charge in [0.1, 0.15) is 5.69 Å². The zero-order valence-electron chi connectivity index (χ0n) is 15.8. The lowest BCUT2D eigenvalue weighted by atomic mass is 9.83. The minimum Gasteiger partial charge on any atom is -0.350 e. The van der Waals surface area contributed by atoms with Crippen LogP contribution in [0.15, 0.2) is 24.3 Å². The molecular weight excluding hydrogens is 336 g/mol. The highest BCUT2D eigenvalue weighted by Crippen LogP contribution is 2.34. The molecule has 2 saturated heterocycles. The van der Waals surface area contributed by atoms with Crippen molar-refractivity contribution in [3.63, 3.8) is 0 Å². The molecule has 1 aromatic carbocycles. The number of carbonyl (C=O) groups is 1. The molecule has 0 spiro atoms. The van der Waals surface area contributed by atoms with Crippen LogP contribution in [0.4, 0.5) is 0 Å². The van der Waals surface area contributed by atoms with Crippen molar-refractivity contribution < 1.29 is 4.79 Å². The molecule has 1 aromatic heterocycles. The van der Waals surface area contributed by atoms with Gasteiger partial charge in [0.05, 0.1) is 5.69 Å². The number of amides is 1. The van der Waals surface area contributed by atoms with Crippen LogP contribution >= 0.6 is 0 Å². The number of rotatable bonds is 3. The van der Waals surface area contributed by atoms with Crippen LogP contribution in [0.25, 0.3) is 11.3 Å². The van der Waals surface area contributed by atoms with E-state index in [-0.39, 0.29) is 5.91 Å². The summed E-state index contributed by atoms with van der Waals surface area (Å²) in [4.78, 5) is 15.5. The summed E-state index contributed by atoms with van der Waals surface area (Å²) in [6.45, 7) is 3.26. The Morgan fingerprint density at radius 2 is 2.04 bits per heavy atom. The van der Waals surface area contributed by atoms with Crippen molar-refractivity contribution in [2.75, 3.05) is 19.6 Å². The molecule has 3 heterocycles. The van der Waals surface area contributed by atoms with Crippen molar-refractivity contribution in [2.45, 2.75) is 51.0 Å². The maximum Gasteiger partial charge on any atom is 0.269 e. The van der Waals surface area contributed by atoms with Crippen molar-refractivity contribution in [3.8, 4) is 11.3 Å². The summed E-state index contributed by atoms with van der Waals surface area (Å²) in [7, 11) is 0. The predicted molar refractivity (Wildman–Crippen MR) is 106 cm³/mol. The van der Waals surface area contributed by atoms with Crippen molar-refractivity contribution in [2.24, 2.45) is 5.92 Å². The number of nitrogens with one attached hydrogen (secondary N) is 2. The Kier molecular flexibility index (Phi) is 4.48. The maximum atomic E-state index is 12.9. The molecule has 2 aromatic rings. The second-order valence-electron chi connectivity index (χ2n) is 8.29. The van der Waals surface area contributed by atoms with Gasteiger partial charge in [-0.3, -0.25) is 9.89 Å². The first-order valence-electron chi connectivity index (χ1n) is 10.5. The maximum absolute atomic E-state index is 12.9. The van der Waals surface area contributed by atoms with Gasteiger partial charge in [-0.2, -0.15) is 5.10 Å². The molecule has 1 aliphatic carbocycles. The SMILES string of the molecule is O=C(NC[C@H]1CCCN2CCCC[C@H]12)c1[nH]nc2c1CCc1ccccc1-2. The topological polar surface area (TPSA) is 61.0 Å². The highest BCUT2D eigenvalue weighted by molar-refractivity contribution is 5.96. The van der Waals surface area contributed by atoms with Crippen LogP contribution in [0.5, 0.6) is 0 Å². The Bertz CT molecular complexity index is 841. The summed E-state index contributed by atoms with van der Waals surface area (Å²) in [6, 6.07) is 9.04. The van der Waals surface area contributed by atoms with E-state index in [9.17, 15) is 4.79 Å². The van der Waals surface area contributed by atoms with E-state index < -0.39 is 0 Å². The first-order valence-corrected chi connectivity index (χ1v) is 10.5. The number of carbonyl (C=O) groups excluding carboxylic acids is 1. The van der Waals surface area contributed by atoms with Crippen LogP contribution < -0.4 is 5.32 Å². The van der Waals surface area contributed by atoms with E-state index in [4.69, 9.17) is 0 Å². The quantitative estimate of drug-likeness (QED) is 0.879. The Morgan fingerprint density at radius 1 is 1.15 bits per heavy atom. The summed E-state index contributed by atoms with van der Waals surface area (Å²) in [6.07, 6.45) is 8.30. The minimum atomic E-state index is 0.0102. The Labute approximate surface area is 160 Å². The van der Waals surface area contributed by atoms with Crippen molar-refractivity contribution >= 4 is 5.91 Å². The molecule has 2 N–H and O–H groups in total. The van der Waals surface area contributed by atoms with Gasteiger partial charge >= 0.3 is 0 Å². The van der Waals surface area contributed by atoms with Crippen LogP contribution in [0.1, 0.15) is 53.7 Å². The van der Waals surface area contributed by atoms with Crippen LogP contribution in [-0.4, -0.2) is 46.7 Å². The molecular formula is C22H28N4O. The molecule has 142 valence electrons. The third kappa shape index (κ3) is 3.08. The van der Waals surface area contributed by atoms with Gasteiger partial charge in [-0.05, 0) is 63.1 Å². The van der Waals surface area contributed by atoms with Gasteiger partial charge in [0.15, 0.2) is 0 Å². The lowest BCUT2D eigenvalue weighted by molar-refractivity contribution is 0.0575. The molecule has 0 saturated carbocycles. The van der Waals surface area contributed by atoms with Crippen LogP contribution in [0.3, 0.4) is 0 Å². The second-order valence-corrected chi connectivity index (χ2v) is 8.29. The van der Waals surface area contributed by atoms with Gasteiger partial charge in [0.25, 0.3) is 5.91 Å². The number of benzene rings is 1. The minimum absolute atomic E-state index is 0.0102. The van der Waals surface area contributed by atoms with E-state index in [0.29, 0.717) is 17.7 Å². The Balaban J connectivity index is 1.29. The Hall–Kier alpha value is -2.14. The van der Waals surface area contributed by atoms with Crippen molar-refractivity contribution in [3.05, 3.63) is 41.1 Å². The molecule has 0 radical (unpaired) electrons. The largest absolute Gasteiger partial charge is 0.350 e. The second kappa shape index (κ2) is 7.12. The first kappa shape index (κ1) is 17.0. The molecule has 5 rings (SSSR count). The number of piperidine rings is 2. The highest BCUT2D eigenvalue weighted by Gasteiger charge is 2.33. The number of aryl methyl sites for hydroxylation is 1.